The SMILES string of the molecule is N#Cc1ccc(-c2cccc(C3(c4cccc(Cl)c4)c4ccccc4-c4ccccc43)c2)cc1. The molecule has 1 nitrogen and oxygen atoms in total. The summed E-state index contributed by atoms with van der Waals surface area (Å²) in [6.45, 7) is 0. The van der Waals surface area contributed by atoms with Gasteiger partial charge >= 0.3 is 0 Å². The maximum atomic E-state index is 9.19. The molecule has 0 aromatic heterocycles. The van der Waals surface area contributed by atoms with Crippen molar-refractivity contribution in [2.75, 3.05) is 0 Å². The van der Waals surface area contributed by atoms with E-state index in [1.165, 1.54) is 27.8 Å². The molecule has 1 aliphatic carbocycles. The number of halogens is 1. The standard InChI is InChI=1S/C32H20ClN/c33-27-10-6-9-26(20-27)32(30-13-3-1-11-28(30)29-12-2-4-14-31(29)32)25-8-5-7-24(19-25)23-17-15-22(21-34)16-18-23/h1-20H. The Kier molecular flexibility index (Phi) is 4.84. The van der Waals surface area contributed by atoms with Gasteiger partial charge in [-0.2, -0.15) is 5.26 Å². The van der Waals surface area contributed by atoms with Gasteiger partial charge in [-0.25, -0.2) is 0 Å². The molecule has 0 unspecified atom stereocenters. The average Bonchev–Trinajstić information content (AvgIpc) is 3.20. The summed E-state index contributed by atoms with van der Waals surface area (Å²) >= 11 is 6.56. The van der Waals surface area contributed by atoms with E-state index < -0.39 is 5.41 Å². The summed E-state index contributed by atoms with van der Waals surface area (Å²) in [5, 5.41) is 9.92. The molecule has 0 amide bonds. The minimum absolute atomic E-state index is 0.485. The van der Waals surface area contributed by atoms with Crippen LogP contribution in [0.3, 0.4) is 0 Å². The highest BCUT2D eigenvalue weighted by molar-refractivity contribution is 6.30. The van der Waals surface area contributed by atoms with Crippen LogP contribution >= 0.6 is 11.6 Å². The molecule has 1 aliphatic rings. The lowest BCUT2D eigenvalue weighted by molar-refractivity contribution is 0.769. The quantitative estimate of drug-likeness (QED) is 0.264. The number of nitriles is 1. The number of hydrogen-bond acceptors (Lipinski definition) is 1. The molecular weight excluding hydrogens is 434 g/mol. The summed E-state index contributed by atoms with van der Waals surface area (Å²) in [7, 11) is 0. The Morgan fingerprint density at radius 2 is 1.15 bits per heavy atom. The van der Waals surface area contributed by atoms with Gasteiger partial charge in [0.1, 0.15) is 0 Å². The molecule has 0 spiro atoms. The largest absolute Gasteiger partial charge is 0.192 e. The van der Waals surface area contributed by atoms with Crippen LogP contribution in [0.25, 0.3) is 22.3 Å². The van der Waals surface area contributed by atoms with E-state index in [2.05, 4.69) is 91.0 Å². The lowest BCUT2D eigenvalue weighted by Crippen LogP contribution is -2.28. The van der Waals surface area contributed by atoms with Crippen molar-refractivity contribution in [2.24, 2.45) is 0 Å². The zero-order chi connectivity index (χ0) is 23.1. The molecule has 0 radical (unpaired) electrons. The summed E-state index contributed by atoms with van der Waals surface area (Å²) in [4.78, 5) is 0. The molecule has 6 rings (SSSR count). The summed E-state index contributed by atoms with van der Waals surface area (Å²) < 4.78 is 0. The third kappa shape index (κ3) is 3.00. The van der Waals surface area contributed by atoms with Crippen molar-refractivity contribution < 1.29 is 0 Å². The Morgan fingerprint density at radius 3 is 1.76 bits per heavy atom. The van der Waals surface area contributed by atoms with E-state index >= 15 is 0 Å². The lowest BCUT2D eigenvalue weighted by Gasteiger charge is -2.34. The van der Waals surface area contributed by atoms with Crippen molar-refractivity contribution in [2.45, 2.75) is 5.41 Å². The first-order valence-electron chi connectivity index (χ1n) is 11.3. The van der Waals surface area contributed by atoms with Crippen molar-refractivity contribution >= 4 is 11.6 Å². The molecule has 5 aromatic rings. The summed E-state index contributed by atoms with van der Waals surface area (Å²) in [5.74, 6) is 0. The molecule has 0 bridgehead atoms. The maximum Gasteiger partial charge on any atom is 0.0991 e. The van der Waals surface area contributed by atoms with Crippen molar-refractivity contribution in [1.82, 2.24) is 0 Å². The Balaban J connectivity index is 1.68. The van der Waals surface area contributed by atoms with E-state index in [-0.39, 0.29) is 0 Å². The Labute approximate surface area is 204 Å². The number of benzene rings is 5. The van der Waals surface area contributed by atoms with E-state index in [9.17, 15) is 5.26 Å². The van der Waals surface area contributed by atoms with Crippen LogP contribution < -0.4 is 0 Å². The van der Waals surface area contributed by atoms with Gasteiger partial charge in [0.05, 0.1) is 17.0 Å². The van der Waals surface area contributed by atoms with Gasteiger partial charge in [-0.15, -0.1) is 0 Å². The highest BCUT2D eigenvalue weighted by Gasteiger charge is 2.46. The highest BCUT2D eigenvalue weighted by atomic mass is 35.5. The van der Waals surface area contributed by atoms with Crippen molar-refractivity contribution in [3.8, 4) is 28.3 Å². The average molecular weight is 454 g/mol. The van der Waals surface area contributed by atoms with Crippen LogP contribution in [-0.4, -0.2) is 0 Å². The van der Waals surface area contributed by atoms with Crippen LogP contribution in [0.4, 0.5) is 0 Å². The molecule has 34 heavy (non-hydrogen) atoms. The fraction of sp³-hybridized carbons (Fsp3) is 0.0312. The van der Waals surface area contributed by atoms with Crippen LogP contribution in [0.15, 0.2) is 121 Å². The van der Waals surface area contributed by atoms with Crippen LogP contribution in [0.1, 0.15) is 27.8 Å². The first kappa shape index (κ1) is 20.5. The normalized spacial score (nSPS) is 13.1. The van der Waals surface area contributed by atoms with E-state index in [0.717, 1.165) is 21.7 Å². The van der Waals surface area contributed by atoms with E-state index in [4.69, 9.17) is 11.6 Å². The zero-order valence-corrected chi connectivity index (χ0v) is 19.1. The predicted molar refractivity (Wildman–Crippen MR) is 139 cm³/mol. The Hall–Kier alpha value is -4.12. The Morgan fingerprint density at radius 1 is 0.559 bits per heavy atom. The van der Waals surface area contributed by atoms with E-state index in [1.54, 1.807) is 0 Å². The van der Waals surface area contributed by atoms with Crippen molar-refractivity contribution in [1.29, 1.82) is 5.26 Å². The molecule has 0 fully saturated rings. The maximum absolute atomic E-state index is 9.19. The molecule has 0 saturated carbocycles. The third-order valence-corrected chi connectivity index (χ3v) is 7.09. The van der Waals surface area contributed by atoms with Gasteiger partial charge in [0.25, 0.3) is 0 Å². The molecule has 0 aliphatic heterocycles. The topological polar surface area (TPSA) is 23.8 Å². The van der Waals surface area contributed by atoms with Crippen molar-refractivity contribution in [3.63, 3.8) is 0 Å². The number of fused-ring (bicyclic) bond motifs is 3. The fourth-order valence-corrected chi connectivity index (χ4v) is 5.60. The van der Waals surface area contributed by atoms with E-state index in [0.29, 0.717) is 5.56 Å². The smallest absolute Gasteiger partial charge is 0.0991 e. The second kappa shape index (κ2) is 8.03. The molecular formula is C32H20ClN. The molecule has 0 atom stereocenters. The first-order chi connectivity index (χ1) is 16.7. The van der Waals surface area contributed by atoms with Gasteiger partial charge in [0.2, 0.25) is 0 Å². The van der Waals surface area contributed by atoms with Gasteiger partial charge in [0, 0.05) is 5.02 Å². The predicted octanol–water partition coefficient (Wildman–Crippen LogP) is 8.24. The van der Waals surface area contributed by atoms with Crippen LogP contribution in [0, 0.1) is 11.3 Å². The van der Waals surface area contributed by atoms with Gasteiger partial charge in [-0.3, -0.25) is 0 Å². The highest BCUT2D eigenvalue weighted by Crippen LogP contribution is 2.56. The van der Waals surface area contributed by atoms with Crippen molar-refractivity contribution in [3.05, 3.63) is 154 Å². The van der Waals surface area contributed by atoms with Gasteiger partial charge in [-0.1, -0.05) is 103 Å². The van der Waals surface area contributed by atoms with Crippen LogP contribution in [0.5, 0.6) is 0 Å². The molecule has 0 N–H and O–H groups in total. The second-order valence-corrected chi connectivity index (χ2v) is 9.06. The van der Waals surface area contributed by atoms with Crippen LogP contribution in [0.2, 0.25) is 5.02 Å². The van der Waals surface area contributed by atoms with Crippen LogP contribution in [-0.2, 0) is 5.41 Å². The number of nitrogens with zero attached hydrogens (tertiary/aromatic N) is 1. The summed E-state index contributed by atoms with van der Waals surface area (Å²) in [5.41, 5.74) is 9.74. The number of hydrogen-bond donors (Lipinski definition) is 0. The summed E-state index contributed by atoms with van der Waals surface area (Å²) in [6, 6.07) is 44.3. The summed E-state index contributed by atoms with van der Waals surface area (Å²) in [6.07, 6.45) is 0. The molecule has 160 valence electrons. The lowest BCUT2D eigenvalue weighted by atomic mass is 9.67. The minimum atomic E-state index is -0.485. The van der Waals surface area contributed by atoms with E-state index in [1.807, 2.05) is 36.4 Å². The van der Waals surface area contributed by atoms with Gasteiger partial charge < -0.3 is 0 Å². The third-order valence-electron chi connectivity index (χ3n) is 6.85. The Bertz CT molecular complexity index is 1530. The molecule has 5 aromatic carbocycles. The first-order valence-corrected chi connectivity index (χ1v) is 11.7. The van der Waals surface area contributed by atoms with Gasteiger partial charge in [0.15, 0.2) is 0 Å². The molecule has 2 heteroatoms. The monoisotopic (exact) mass is 453 g/mol. The zero-order valence-electron chi connectivity index (χ0n) is 18.4. The number of rotatable bonds is 3. The minimum Gasteiger partial charge on any atom is -0.192 e. The second-order valence-electron chi connectivity index (χ2n) is 8.62. The fourth-order valence-electron chi connectivity index (χ4n) is 5.41. The van der Waals surface area contributed by atoms with Gasteiger partial charge in [-0.05, 0) is 74.8 Å². The molecule has 0 heterocycles. The molecule has 0 saturated heterocycles.